The van der Waals surface area contributed by atoms with E-state index in [-0.39, 0.29) is 19.1 Å². The van der Waals surface area contributed by atoms with Gasteiger partial charge >= 0.3 is 6.18 Å². The van der Waals surface area contributed by atoms with Gasteiger partial charge in [-0.15, -0.1) is 0 Å². The zero-order valence-electron chi connectivity index (χ0n) is 15.7. The van der Waals surface area contributed by atoms with Gasteiger partial charge in [0.15, 0.2) is 0 Å². The molecule has 0 N–H and O–H groups in total. The van der Waals surface area contributed by atoms with Crippen LogP contribution in [0, 0.1) is 5.92 Å². The van der Waals surface area contributed by atoms with Crippen LogP contribution in [0.15, 0.2) is 42.0 Å². The van der Waals surface area contributed by atoms with Crippen LogP contribution in [0.2, 0.25) is 0 Å². The fraction of sp³-hybridized carbons (Fsp3) is 0.318. The summed E-state index contributed by atoms with van der Waals surface area (Å²) in [5.74, 6) is 1.19. The first-order valence-corrected chi connectivity index (χ1v) is 9.00. The van der Waals surface area contributed by atoms with Crippen molar-refractivity contribution >= 4 is 12.4 Å². The summed E-state index contributed by atoms with van der Waals surface area (Å²) in [7, 11) is 0. The average Bonchev–Trinajstić information content (AvgIpc) is 2.65. The van der Waals surface area contributed by atoms with Crippen LogP contribution in [-0.4, -0.2) is 12.9 Å². The quantitative estimate of drug-likeness (QED) is 0.615. The minimum atomic E-state index is -4.40. The van der Waals surface area contributed by atoms with Crippen LogP contribution in [0.4, 0.5) is 13.2 Å². The maximum Gasteiger partial charge on any atom is 0.416 e. The maximum absolute atomic E-state index is 13.4. The molecular weight excluding hydrogens is 369 g/mol. The van der Waals surface area contributed by atoms with Crippen molar-refractivity contribution in [2.75, 3.05) is 6.61 Å². The van der Waals surface area contributed by atoms with E-state index in [1.807, 2.05) is 13.8 Å². The molecule has 0 saturated heterocycles. The lowest BCUT2D eigenvalue weighted by Crippen LogP contribution is -2.12. The molecule has 0 saturated carbocycles. The second-order valence-corrected chi connectivity index (χ2v) is 7.20. The Labute approximate surface area is 161 Å². The highest BCUT2D eigenvalue weighted by Gasteiger charge is 2.33. The first kappa shape index (κ1) is 20.0. The van der Waals surface area contributed by atoms with Crippen LogP contribution in [0.1, 0.15) is 36.1 Å². The van der Waals surface area contributed by atoms with Crippen molar-refractivity contribution in [2.24, 2.45) is 5.92 Å². The van der Waals surface area contributed by atoms with E-state index < -0.39 is 11.7 Å². The number of rotatable bonds is 6. The van der Waals surface area contributed by atoms with Gasteiger partial charge in [-0.05, 0) is 47.7 Å². The summed E-state index contributed by atoms with van der Waals surface area (Å²) >= 11 is 0. The monoisotopic (exact) mass is 390 g/mol. The van der Waals surface area contributed by atoms with Crippen LogP contribution in [0.5, 0.6) is 11.5 Å². The molecule has 2 aromatic carbocycles. The summed E-state index contributed by atoms with van der Waals surface area (Å²) in [6.45, 7) is 3.98. The van der Waals surface area contributed by atoms with Crippen molar-refractivity contribution in [1.82, 2.24) is 0 Å². The molecule has 0 bridgehead atoms. The molecule has 0 unspecified atom stereocenters. The summed E-state index contributed by atoms with van der Waals surface area (Å²) in [4.78, 5) is 10.8. The highest BCUT2D eigenvalue weighted by atomic mass is 19.4. The van der Waals surface area contributed by atoms with Crippen LogP contribution in [0.3, 0.4) is 0 Å². The Bertz CT molecular complexity index is 898. The number of carbonyl (C=O) groups excluding carboxylic acids is 1. The number of fused-ring (bicyclic) bond motifs is 1. The number of aldehydes is 1. The van der Waals surface area contributed by atoms with Crippen LogP contribution in [0.25, 0.3) is 6.08 Å². The number of hydrogen-bond acceptors (Lipinski definition) is 3. The zero-order chi connectivity index (χ0) is 20.3. The van der Waals surface area contributed by atoms with Crippen molar-refractivity contribution < 1.29 is 27.4 Å². The number of carbonyl (C=O) groups is 1. The molecule has 28 heavy (non-hydrogen) atoms. The third-order valence-electron chi connectivity index (χ3n) is 4.38. The summed E-state index contributed by atoms with van der Waals surface area (Å²) in [6, 6.07) is 9.48. The topological polar surface area (TPSA) is 35.5 Å². The van der Waals surface area contributed by atoms with Gasteiger partial charge in [0, 0.05) is 17.2 Å². The van der Waals surface area contributed by atoms with Gasteiger partial charge in [-0.25, -0.2) is 0 Å². The predicted octanol–water partition coefficient (Wildman–Crippen LogP) is 5.46. The van der Waals surface area contributed by atoms with E-state index in [1.165, 1.54) is 6.07 Å². The van der Waals surface area contributed by atoms with Gasteiger partial charge < -0.3 is 9.47 Å². The van der Waals surface area contributed by atoms with E-state index in [4.69, 9.17) is 9.47 Å². The Hall–Kier alpha value is -2.76. The molecule has 0 atom stereocenters. The minimum Gasteiger partial charge on any atom is -0.489 e. The highest BCUT2D eigenvalue weighted by Crippen LogP contribution is 2.34. The summed E-state index contributed by atoms with van der Waals surface area (Å²) in [6.07, 6.45) is -1.55. The maximum atomic E-state index is 13.4. The molecule has 0 aliphatic carbocycles. The molecule has 1 aliphatic rings. The molecule has 1 aliphatic heterocycles. The van der Waals surface area contributed by atoms with Crippen molar-refractivity contribution in [2.45, 2.75) is 33.1 Å². The standard InChI is InChI=1S/C22H21F3O3/c1-14(2)7-17-4-3-15(9-20(17)22(23,24)25)12-27-19-6-5-18-8-16(11-26)13-28-21(18)10-19/h3-6,8-11,14H,7,12-13H2,1-2H3. The molecular formula is C22H21F3O3. The normalized spacial score (nSPS) is 13.6. The van der Waals surface area contributed by atoms with Crippen molar-refractivity contribution in [3.8, 4) is 11.5 Å². The molecule has 0 aromatic heterocycles. The van der Waals surface area contributed by atoms with Crippen LogP contribution in [-0.2, 0) is 24.0 Å². The first-order valence-electron chi connectivity index (χ1n) is 9.00. The van der Waals surface area contributed by atoms with E-state index in [9.17, 15) is 18.0 Å². The first-order chi connectivity index (χ1) is 13.3. The Kier molecular flexibility index (Phi) is 5.77. The second-order valence-electron chi connectivity index (χ2n) is 7.20. The number of halogens is 3. The fourth-order valence-electron chi connectivity index (χ4n) is 3.08. The minimum absolute atomic E-state index is 0.0131. The van der Waals surface area contributed by atoms with E-state index in [0.717, 1.165) is 17.9 Å². The van der Waals surface area contributed by atoms with Crippen LogP contribution >= 0.6 is 0 Å². The number of alkyl halides is 3. The molecule has 0 amide bonds. The van der Waals surface area contributed by atoms with Gasteiger partial charge in [-0.2, -0.15) is 13.2 Å². The number of ether oxygens (including phenoxy) is 2. The lowest BCUT2D eigenvalue weighted by Gasteiger charge is -2.18. The summed E-state index contributed by atoms with van der Waals surface area (Å²) < 4.78 is 51.4. The number of benzene rings is 2. The molecule has 0 radical (unpaired) electrons. The van der Waals surface area contributed by atoms with E-state index in [2.05, 4.69) is 0 Å². The van der Waals surface area contributed by atoms with Crippen molar-refractivity contribution in [1.29, 1.82) is 0 Å². The Balaban J connectivity index is 1.76. The Morgan fingerprint density at radius 3 is 2.64 bits per heavy atom. The molecule has 3 rings (SSSR count). The molecule has 6 heteroatoms. The zero-order valence-corrected chi connectivity index (χ0v) is 15.7. The lowest BCUT2D eigenvalue weighted by molar-refractivity contribution is -0.138. The smallest absolute Gasteiger partial charge is 0.416 e. The van der Waals surface area contributed by atoms with E-state index in [1.54, 1.807) is 30.3 Å². The molecule has 2 aromatic rings. The summed E-state index contributed by atoms with van der Waals surface area (Å²) in [5.41, 5.74) is 1.44. The lowest BCUT2D eigenvalue weighted by atomic mass is 9.96. The second kappa shape index (κ2) is 8.09. The van der Waals surface area contributed by atoms with Crippen molar-refractivity contribution in [3.05, 3.63) is 64.2 Å². The Morgan fingerprint density at radius 1 is 1.18 bits per heavy atom. The SMILES string of the molecule is CC(C)Cc1ccc(COc2ccc3c(c2)OCC(C=O)=C3)cc1C(F)(F)F. The van der Waals surface area contributed by atoms with Gasteiger partial charge in [0.05, 0.1) is 5.56 Å². The van der Waals surface area contributed by atoms with E-state index in [0.29, 0.717) is 34.6 Å². The highest BCUT2D eigenvalue weighted by molar-refractivity contribution is 5.84. The largest absolute Gasteiger partial charge is 0.489 e. The van der Waals surface area contributed by atoms with Gasteiger partial charge in [0.25, 0.3) is 0 Å². The van der Waals surface area contributed by atoms with Gasteiger partial charge in [0.1, 0.15) is 31.0 Å². The third-order valence-corrected chi connectivity index (χ3v) is 4.38. The van der Waals surface area contributed by atoms with E-state index >= 15 is 0 Å². The number of hydrogen-bond donors (Lipinski definition) is 0. The van der Waals surface area contributed by atoms with Gasteiger partial charge in [-0.1, -0.05) is 26.0 Å². The van der Waals surface area contributed by atoms with Gasteiger partial charge in [0.2, 0.25) is 0 Å². The Morgan fingerprint density at radius 2 is 1.96 bits per heavy atom. The predicted molar refractivity (Wildman–Crippen MR) is 100 cm³/mol. The average molecular weight is 390 g/mol. The molecule has 1 heterocycles. The molecule has 0 spiro atoms. The fourth-order valence-corrected chi connectivity index (χ4v) is 3.08. The van der Waals surface area contributed by atoms with Crippen molar-refractivity contribution in [3.63, 3.8) is 0 Å². The molecule has 0 fully saturated rings. The summed E-state index contributed by atoms with van der Waals surface area (Å²) in [5, 5.41) is 0. The van der Waals surface area contributed by atoms with Crippen LogP contribution < -0.4 is 9.47 Å². The third kappa shape index (κ3) is 4.74. The van der Waals surface area contributed by atoms with Gasteiger partial charge in [-0.3, -0.25) is 4.79 Å². The molecule has 3 nitrogen and oxygen atoms in total. The molecule has 148 valence electrons.